The molecule has 3 N–H and O–H groups in total. The Balaban J connectivity index is 4.46. The molecule has 0 fully saturated rings. The molecule has 388 valence electrons. The van der Waals surface area contributed by atoms with Crippen LogP contribution in [-0.4, -0.2) is 46.9 Å². The summed E-state index contributed by atoms with van der Waals surface area (Å²) in [6, 6.07) is -0.693. The number of esters is 1. The lowest BCUT2D eigenvalue weighted by Gasteiger charge is -2.24. The molecular weight excluding hydrogens is 803 g/mol. The minimum atomic E-state index is -0.780. The molecule has 0 aromatic carbocycles. The predicted octanol–water partition coefficient (Wildman–Crippen LogP) is 18.3. The number of amides is 1. The van der Waals surface area contributed by atoms with E-state index < -0.39 is 18.2 Å². The third-order valence-corrected chi connectivity index (χ3v) is 14.2. The van der Waals surface area contributed by atoms with Crippen LogP contribution in [-0.2, 0) is 14.3 Å². The summed E-state index contributed by atoms with van der Waals surface area (Å²) in [6.07, 6.45) is 60.3. The van der Waals surface area contributed by atoms with Gasteiger partial charge in [-0.05, 0) is 25.7 Å². The zero-order chi connectivity index (χ0) is 47.4. The number of hydrogen-bond donors (Lipinski definition) is 3. The minimum Gasteiger partial charge on any atom is -0.462 e. The van der Waals surface area contributed by atoms with Crippen molar-refractivity contribution in [3.63, 3.8) is 0 Å². The molecule has 0 saturated heterocycles. The standard InChI is InChI=1S/C59H117NO5/c1-4-7-10-13-16-19-22-25-28-29-31-33-36-39-42-45-48-51-57(62)56(54-61)60-58(63)53-55(50-47-44-41-38-35-32-30-26-23-20-17-14-11-8-5-2)65-59(64)52-49-46-43-40-37-34-27-24-21-18-15-12-9-6-3/h55-57,61-62H,4-54H2,1-3H3,(H,60,63). The van der Waals surface area contributed by atoms with Gasteiger partial charge in [0.2, 0.25) is 5.91 Å². The molecule has 0 aliphatic heterocycles. The molecular formula is C59H117NO5. The number of ether oxygens (including phenoxy) is 1. The second-order valence-electron chi connectivity index (χ2n) is 20.8. The highest BCUT2D eigenvalue weighted by atomic mass is 16.5. The Bertz CT molecular complexity index is 944. The Labute approximate surface area is 406 Å². The maximum Gasteiger partial charge on any atom is 0.306 e. The SMILES string of the molecule is CCCCCCCCCCCCCCCCCCCC(O)C(CO)NC(=O)CC(CCCCCCCCCCCCCCCCC)OC(=O)CCCCCCCCCCCCCCCC. The first kappa shape index (κ1) is 63.9. The average Bonchev–Trinajstić information content (AvgIpc) is 3.30. The van der Waals surface area contributed by atoms with Gasteiger partial charge in [0.05, 0.1) is 25.2 Å². The lowest BCUT2D eigenvalue weighted by Crippen LogP contribution is -2.46. The van der Waals surface area contributed by atoms with Crippen LogP contribution in [0.2, 0.25) is 0 Å². The molecule has 0 aliphatic rings. The van der Waals surface area contributed by atoms with Gasteiger partial charge in [0, 0.05) is 6.42 Å². The number of aliphatic hydroxyl groups is 2. The van der Waals surface area contributed by atoms with Gasteiger partial charge in [-0.15, -0.1) is 0 Å². The smallest absolute Gasteiger partial charge is 0.306 e. The highest BCUT2D eigenvalue weighted by molar-refractivity contribution is 5.77. The van der Waals surface area contributed by atoms with Crippen molar-refractivity contribution >= 4 is 11.9 Å². The van der Waals surface area contributed by atoms with E-state index in [0.717, 1.165) is 38.5 Å². The number of rotatable bonds is 55. The van der Waals surface area contributed by atoms with Crippen molar-refractivity contribution in [2.45, 2.75) is 360 Å². The molecule has 1 amide bonds. The second kappa shape index (κ2) is 53.8. The fourth-order valence-electron chi connectivity index (χ4n) is 9.67. The largest absolute Gasteiger partial charge is 0.462 e. The quantitative estimate of drug-likeness (QED) is 0.0417. The van der Waals surface area contributed by atoms with Crippen molar-refractivity contribution in [2.75, 3.05) is 6.61 Å². The van der Waals surface area contributed by atoms with Crippen LogP contribution in [0.3, 0.4) is 0 Å². The molecule has 0 saturated carbocycles. The molecule has 0 spiro atoms. The average molecular weight is 921 g/mol. The van der Waals surface area contributed by atoms with Crippen LogP contribution in [0.25, 0.3) is 0 Å². The molecule has 0 heterocycles. The van der Waals surface area contributed by atoms with E-state index in [1.807, 2.05) is 0 Å². The zero-order valence-corrected chi connectivity index (χ0v) is 44.4. The summed E-state index contributed by atoms with van der Waals surface area (Å²) < 4.78 is 5.97. The van der Waals surface area contributed by atoms with Crippen LogP contribution in [0.5, 0.6) is 0 Å². The van der Waals surface area contributed by atoms with E-state index in [9.17, 15) is 19.8 Å². The molecule has 0 aliphatic carbocycles. The van der Waals surface area contributed by atoms with E-state index in [1.54, 1.807) is 0 Å². The summed E-state index contributed by atoms with van der Waals surface area (Å²) in [5.74, 6) is -0.444. The lowest BCUT2D eigenvalue weighted by atomic mass is 10.0. The first-order chi connectivity index (χ1) is 32.0. The van der Waals surface area contributed by atoms with E-state index >= 15 is 0 Å². The lowest BCUT2D eigenvalue weighted by molar-refractivity contribution is -0.151. The number of aliphatic hydroxyl groups excluding tert-OH is 2. The van der Waals surface area contributed by atoms with Gasteiger partial charge in [0.15, 0.2) is 0 Å². The van der Waals surface area contributed by atoms with E-state index in [4.69, 9.17) is 4.74 Å². The van der Waals surface area contributed by atoms with Crippen molar-refractivity contribution < 1.29 is 24.5 Å². The number of carbonyl (C=O) groups is 2. The first-order valence-corrected chi connectivity index (χ1v) is 29.8. The normalized spacial score (nSPS) is 13.0. The molecule has 6 nitrogen and oxygen atoms in total. The van der Waals surface area contributed by atoms with Gasteiger partial charge in [-0.25, -0.2) is 0 Å². The molecule has 6 heteroatoms. The Morgan fingerprint density at radius 2 is 0.646 bits per heavy atom. The fraction of sp³-hybridized carbons (Fsp3) is 0.966. The van der Waals surface area contributed by atoms with Gasteiger partial charge < -0.3 is 20.3 Å². The molecule has 0 aromatic rings. The van der Waals surface area contributed by atoms with Gasteiger partial charge in [-0.3, -0.25) is 9.59 Å². The number of unbranched alkanes of at least 4 members (excludes halogenated alkanes) is 43. The highest BCUT2D eigenvalue weighted by Crippen LogP contribution is 2.20. The fourth-order valence-corrected chi connectivity index (χ4v) is 9.67. The summed E-state index contributed by atoms with van der Waals surface area (Å²) in [5, 5.41) is 23.9. The molecule has 0 bridgehead atoms. The van der Waals surface area contributed by atoms with E-state index in [-0.39, 0.29) is 24.9 Å². The maximum atomic E-state index is 13.3. The number of nitrogens with one attached hydrogen (secondary N) is 1. The molecule has 0 radical (unpaired) electrons. The molecule has 0 aromatic heterocycles. The summed E-state index contributed by atoms with van der Waals surface area (Å²) >= 11 is 0. The summed E-state index contributed by atoms with van der Waals surface area (Å²) in [4.78, 5) is 26.3. The highest BCUT2D eigenvalue weighted by Gasteiger charge is 2.24. The van der Waals surface area contributed by atoms with E-state index in [2.05, 4.69) is 26.1 Å². The van der Waals surface area contributed by atoms with Crippen LogP contribution in [0.4, 0.5) is 0 Å². The third kappa shape index (κ3) is 49.1. The van der Waals surface area contributed by atoms with Crippen molar-refractivity contribution in [3.8, 4) is 0 Å². The first-order valence-electron chi connectivity index (χ1n) is 29.8. The van der Waals surface area contributed by atoms with Crippen LogP contribution in [0.15, 0.2) is 0 Å². The van der Waals surface area contributed by atoms with Crippen molar-refractivity contribution in [2.24, 2.45) is 0 Å². The van der Waals surface area contributed by atoms with Crippen molar-refractivity contribution in [1.82, 2.24) is 5.32 Å². The van der Waals surface area contributed by atoms with Crippen LogP contribution in [0, 0.1) is 0 Å². The monoisotopic (exact) mass is 920 g/mol. The number of hydrogen-bond acceptors (Lipinski definition) is 5. The Kier molecular flexibility index (Phi) is 52.9. The molecule has 3 unspecified atom stereocenters. The molecule has 0 rings (SSSR count). The Morgan fingerprint density at radius 1 is 0.385 bits per heavy atom. The van der Waals surface area contributed by atoms with Gasteiger partial charge in [0.1, 0.15) is 6.10 Å². The van der Waals surface area contributed by atoms with Gasteiger partial charge >= 0.3 is 5.97 Å². The van der Waals surface area contributed by atoms with Crippen molar-refractivity contribution in [3.05, 3.63) is 0 Å². The summed E-state index contributed by atoms with van der Waals surface area (Å²) in [7, 11) is 0. The molecule has 65 heavy (non-hydrogen) atoms. The predicted molar refractivity (Wildman–Crippen MR) is 283 cm³/mol. The summed E-state index contributed by atoms with van der Waals surface area (Å²) in [6.45, 7) is 6.54. The minimum absolute atomic E-state index is 0.0887. The van der Waals surface area contributed by atoms with E-state index in [1.165, 1.54) is 257 Å². The van der Waals surface area contributed by atoms with Gasteiger partial charge in [-0.2, -0.15) is 0 Å². The second-order valence-corrected chi connectivity index (χ2v) is 20.8. The maximum absolute atomic E-state index is 13.3. The van der Waals surface area contributed by atoms with Crippen LogP contribution >= 0.6 is 0 Å². The van der Waals surface area contributed by atoms with Gasteiger partial charge in [0.25, 0.3) is 0 Å². The van der Waals surface area contributed by atoms with Crippen LogP contribution < -0.4 is 5.32 Å². The van der Waals surface area contributed by atoms with E-state index in [0.29, 0.717) is 19.3 Å². The summed E-state index contributed by atoms with van der Waals surface area (Å²) in [5.41, 5.74) is 0. The zero-order valence-electron chi connectivity index (χ0n) is 44.4. The molecule has 3 atom stereocenters. The van der Waals surface area contributed by atoms with Crippen molar-refractivity contribution in [1.29, 1.82) is 0 Å². The van der Waals surface area contributed by atoms with Crippen LogP contribution in [0.1, 0.15) is 342 Å². The third-order valence-electron chi connectivity index (χ3n) is 14.2. The number of carbonyl (C=O) groups excluding carboxylic acids is 2. The Hall–Kier alpha value is -1.14. The topological polar surface area (TPSA) is 95.9 Å². The Morgan fingerprint density at radius 3 is 0.938 bits per heavy atom. The van der Waals surface area contributed by atoms with Gasteiger partial charge in [-0.1, -0.05) is 303 Å².